The van der Waals surface area contributed by atoms with Crippen molar-refractivity contribution in [1.29, 1.82) is 0 Å². The van der Waals surface area contributed by atoms with Crippen LogP contribution in [0, 0.1) is 5.92 Å². The number of aromatic nitrogens is 2. The van der Waals surface area contributed by atoms with Gasteiger partial charge in [-0.1, -0.05) is 16.8 Å². The van der Waals surface area contributed by atoms with E-state index in [4.69, 9.17) is 21.9 Å². The zero-order chi connectivity index (χ0) is 17.1. The summed E-state index contributed by atoms with van der Waals surface area (Å²) in [5, 5.41) is 17.0. The number of nitrogens with two attached hydrogens (primary N) is 1. The largest absolute Gasteiger partial charge is 0.391 e. The molecule has 0 radical (unpaired) electrons. The first-order valence-corrected chi connectivity index (χ1v) is 8.20. The molecule has 1 fully saturated rings. The molecular weight excluding hydrogens is 332 g/mol. The Kier molecular flexibility index (Phi) is 5.13. The number of nitrogens with one attached hydrogen (secondary N) is 1. The van der Waals surface area contributed by atoms with Gasteiger partial charge in [-0.05, 0) is 37.1 Å². The van der Waals surface area contributed by atoms with Gasteiger partial charge >= 0.3 is 0 Å². The Morgan fingerprint density at radius 3 is 2.79 bits per heavy atom. The smallest absolute Gasteiger partial charge is 0.228 e. The van der Waals surface area contributed by atoms with E-state index in [1.807, 2.05) is 12.1 Å². The van der Waals surface area contributed by atoms with Crippen LogP contribution in [0.3, 0.4) is 0 Å². The third-order valence-corrected chi connectivity index (χ3v) is 4.41. The molecule has 0 saturated heterocycles. The van der Waals surface area contributed by atoms with E-state index in [1.54, 1.807) is 12.1 Å². The van der Waals surface area contributed by atoms with Crippen LogP contribution in [0.4, 0.5) is 0 Å². The normalized spacial score (nSPS) is 23.4. The van der Waals surface area contributed by atoms with Crippen LogP contribution in [0.25, 0.3) is 11.4 Å². The number of aliphatic hydroxyl groups is 1. The van der Waals surface area contributed by atoms with Crippen molar-refractivity contribution in [2.45, 2.75) is 31.4 Å². The molecule has 0 spiro atoms. The molecule has 24 heavy (non-hydrogen) atoms. The van der Waals surface area contributed by atoms with E-state index < -0.39 is 6.10 Å². The lowest BCUT2D eigenvalue weighted by molar-refractivity contribution is -0.125. The fraction of sp³-hybridized carbons (Fsp3) is 0.438. The van der Waals surface area contributed by atoms with Crippen molar-refractivity contribution in [3.63, 3.8) is 0 Å². The first kappa shape index (κ1) is 16.9. The molecule has 1 aromatic heterocycles. The summed E-state index contributed by atoms with van der Waals surface area (Å²) in [5.74, 6) is 0.600. The lowest BCUT2D eigenvalue weighted by Gasteiger charge is -2.09. The van der Waals surface area contributed by atoms with Gasteiger partial charge in [0.25, 0.3) is 0 Å². The Bertz CT molecular complexity index is 694. The molecule has 3 rings (SSSR count). The molecule has 3 atom stereocenters. The number of aliphatic hydroxyl groups excluding tert-OH is 1. The summed E-state index contributed by atoms with van der Waals surface area (Å²) >= 11 is 5.85. The van der Waals surface area contributed by atoms with Gasteiger partial charge in [0, 0.05) is 35.5 Å². The van der Waals surface area contributed by atoms with Gasteiger partial charge in [-0.25, -0.2) is 0 Å². The number of halogens is 1. The van der Waals surface area contributed by atoms with Crippen LogP contribution in [-0.4, -0.2) is 39.8 Å². The first-order chi connectivity index (χ1) is 11.5. The number of hydrogen-bond donors (Lipinski definition) is 3. The van der Waals surface area contributed by atoms with Crippen molar-refractivity contribution in [2.24, 2.45) is 11.7 Å². The average molecular weight is 351 g/mol. The standard InChI is InChI=1S/C16H19ClN4O3/c17-11-3-1-9(2-4-11)15-20-14(24-21-15)5-6-19-16(23)10-7-12(18)13(22)8-10/h1-4,10,12-13,22H,5-8,18H2,(H,19,23)/t10-,12+,13+/m0/s1. The number of carbonyl (C=O) groups is 1. The van der Waals surface area contributed by atoms with Crippen molar-refractivity contribution in [3.8, 4) is 11.4 Å². The molecule has 8 heteroatoms. The molecular formula is C16H19ClN4O3. The zero-order valence-corrected chi connectivity index (χ0v) is 13.7. The van der Waals surface area contributed by atoms with Crippen molar-refractivity contribution in [1.82, 2.24) is 15.5 Å². The minimum absolute atomic E-state index is 0.0977. The molecule has 1 aliphatic rings. The minimum Gasteiger partial charge on any atom is -0.391 e. The molecule has 4 N–H and O–H groups in total. The van der Waals surface area contributed by atoms with Gasteiger partial charge in [-0.15, -0.1) is 0 Å². The summed E-state index contributed by atoms with van der Waals surface area (Å²) in [7, 11) is 0. The van der Waals surface area contributed by atoms with Crippen LogP contribution in [0.5, 0.6) is 0 Å². The second kappa shape index (κ2) is 7.29. The fourth-order valence-corrected chi connectivity index (χ4v) is 2.90. The van der Waals surface area contributed by atoms with Gasteiger partial charge in [-0.2, -0.15) is 4.98 Å². The Balaban J connectivity index is 1.49. The molecule has 7 nitrogen and oxygen atoms in total. The minimum atomic E-state index is -0.598. The monoisotopic (exact) mass is 350 g/mol. The highest BCUT2D eigenvalue weighted by atomic mass is 35.5. The van der Waals surface area contributed by atoms with Gasteiger partial charge in [-0.3, -0.25) is 4.79 Å². The van der Waals surface area contributed by atoms with Crippen LogP contribution in [0.15, 0.2) is 28.8 Å². The summed E-state index contributed by atoms with van der Waals surface area (Å²) in [6, 6.07) is 6.82. The van der Waals surface area contributed by atoms with Gasteiger partial charge in [0.1, 0.15) is 0 Å². The second-order valence-corrected chi connectivity index (χ2v) is 6.40. The Morgan fingerprint density at radius 2 is 2.12 bits per heavy atom. The SMILES string of the molecule is N[C@@H]1C[C@H](C(=O)NCCc2nc(-c3ccc(Cl)cc3)no2)C[C@H]1O. The number of hydrogen-bond acceptors (Lipinski definition) is 6. The van der Waals surface area contributed by atoms with Gasteiger partial charge in [0.2, 0.25) is 17.6 Å². The van der Waals surface area contributed by atoms with Gasteiger partial charge in [0.05, 0.1) is 6.10 Å². The van der Waals surface area contributed by atoms with Crippen molar-refractivity contribution in [3.05, 3.63) is 35.2 Å². The predicted octanol–water partition coefficient (Wildman–Crippen LogP) is 1.15. The van der Waals surface area contributed by atoms with Gasteiger partial charge in [0.15, 0.2) is 0 Å². The van der Waals surface area contributed by atoms with E-state index in [1.165, 1.54) is 0 Å². The van der Waals surface area contributed by atoms with Crippen LogP contribution in [0.1, 0.15) is 18.7 Å². The topological polar surface area (TPSA) is 114 Å². The molecule has 1 aromatic carbocycles. The zero-order valence-electron chi connectivity index (χ0n) is 13.0. The Labute approximate surface area is 144 Å². The summed E-state index contributed by atoms with van der Waals surface area (Å²) in [4.78, 5) is 16.3. The maximum Gasteiger partial charge on any atom is 0.228 e. The molecule has 1 amide bonds. The molecule has 0 aliphatic heterocycles. The number of amides is 1. The van der Waals surface area contributed by atoms with Crippen molar-refractivity contribution >= 4 is 17.5 Å². The molecule has 2 aromatic rings. The maximum absolute atomic E-state index is 12.0. The Morgan fingerprint density at radius 1 is 1.38 bits per heavy atom. The van der Waals surface area contributed by atoms with Crippen molar-refractivity contribution in [2.75, 3.05) is 6.54 Å². The van der Waals surface area contributed by atoms with E-state index in [-0.39, 0.29) is 17.9 Å². The quantitative estimate of drug-likeness (QED) is 0.745. The number of nitrogens with zero attached hydrogens (tertiary/aromatic N) is 2. The molecule has 0 bridgehead atoms. The first-order valence-electron chi connectivity index (χ1n) is 7.83. The van der Waals surface area contributed by atoms with Crippen LogP contribution < -0.4 is 11.1 Å². The molecule has 0 unspecified atom stereocenters. The molecule has 1 saturated carbocycles. The van der Waals surface area contributed by atoms with E-state index >= 15 is 0 Å². The Hall–Kier alpha value is -1.96. The number of carbonyl (C=O) groups excluding carboxylic acids is 1. The summed E-state index contributed by atoms with van der Waals surface area (Å²) < 4.78 is 5.19. The van der Waals surface area contributed by atoms with E-state index in [9.17, 15) is 9.90 Å². The lowest BCUT2D eigenvalue weighted by atomic mass is 10.1. The van der Waals surface area contributed by atoms with E-state index in [2.05, 4.69) is 15.5 Å². The average Bonchev–Trinajstić information content (AvgIpc) is 3.16. The van der Waals surface area contributed by atoms with E-state index in [0.29, 0.717) is 42.5 Å². The van der Waals surface area contributed by atoms with Crippen LogP contribution >= 0.6 is 11.6 Å². The molecule has 1 aliphatic carbocycles. The summed E-state index contributed by atoms with van der Waals surface area (Å²) in [5.41, 5.74) is 6.53. The highest BCUT2D eigenvalue weighted by molar-refractivity contribution is 6.30. The maximum atomic E-state index is 12.0. The second-order valence-electron chi connectivity index (χ2n) is 5.96. The molecule has 1 heterocycles. The summed E-state index contributed by atoms with van der Waals surface area (Å²) in [6.07, 6.45) is 0.759. The lowest BCUT2D eigenvalue weighted by Crippen LogP contribution is -2.32. The highest BCUT2D eigenvalue weighted by Crippen LogP contribution is 2.24. The highest BCUT2D eigenvalue weighted by Gasteiger charge is 2.34. The van der Waals surface area contributed by atoms with Crippen LogP contribution in [0.2, 0.25) is 5.02 Å². The predicted molar refractivity (Wildman–Crippen MR) is 88.2 cm³/mol. The third-order valence-electron chi connectivity index (χ3n) is 4.16. The van der Waals surface area contributed by atoms with Crippen molar-refractivity contribution < 1.29 is 14.4 Å². The summed E-state index contributed by atoms with van der Waals surface area (Å²) in [6.45, 7) is 0.392. The van der Waals surface area contributed by atoms with Crippen LogP contribution in [-0.2, 0) is 11.2 Å². The number of benzene rings is 1. The molecule has 128 valence electrons. The van der Waals surface area contributed by atoms with E-state index in [0.717, 1.165) is 5.56 Å². The number of rotatable bonds is 5. The third kappa shape index (κ3) is 3.92. The fourth-order valence-electron chi connectivity index (χ4n) is 2.77. The van der Waals surface area contributed by atoms with Gasteiger partial charge < -0.3 is 20.7 Å².